The lowest BCUT2D eigenvalue weighted by molar-refractivity contribution is 0.0787. The van der Waals surface area contributed by atoms with Crippen LogP contribution in [-0.4, -0.2) is 38.3 Å². The molecule has 1 saturated heterocycles. The molecule has 2 heterocycles. The number of alkyl halides is 1. The normalized spacial score (nSPS) is 22.2. The molecule has 0 radical (unpaired) electrons. The number of halogens is 1. The Kier molecular flexibility index (Phi) is 2.59. The standard InChI is InChI=1S/C7H8BrN3OS/c8-5-1-2-11(3-5)7(12)6-4-13-10-9-6/h4-5H,1-3H2. The second-order valence-corrected chi connectivity index (χ2v) is 4.83. The van der Waals surface area contributed by atoms with E-state index in [1.165, 1.54) is 11.5 Å². The topological polar surface area (TPSA) is 46.1 Å². The van der Waals surface area contributed by atoms with E-state index in [0.717, 1.165) is 19.5 Å². The monoisotopic (exact) mass is 261 g/mol. The number of likely N-dealkylation sites (tertiary alicyclic amines) is 1. The SMILES string of the molecule is O=C(c1csnn1)N1CCC(Br)C1. The zero-order chi connectivity index (χ0) is 9.26. The molecule has 1 aromatic heterocycles. The first-order chi connectivity index (χ1) is 6.27. The predicted octanol–water partition coefficient (Wildman–Crippen LogP) is 1.15. The molecule has 1 aromatic rings. The number of amides is 1. The van der Waals surface area contributed by atoms with Gasteiger partial charge in [-0.2, -0.15) is 0 Å². The van der Waals surface area contributed by atoms with Crippen molar-refractivity contribution in [2.45, 2.75) is 11.2 Å². The van der Waals surface area contributed by atoms with Gasteiger partial charge < -0.3 is 4.90 Å². The van der Waals surface area contributed by atoms with Crippen LogP contribution in [0.25, 0.3) is 0 Å². The van der Waals surface area contributed by atoms with Gasteiger partial charge in [-0.25, -0.2) is 0 Å². The van der Waals surface area contributed by atoms with Crippen molar-refractivity contribution in [3.05, 3.63) is 11.1 Å². The van der Waals surface area contributed by atoms with Crippen LogP contribution in [0.15, 0.2) is 5.38 Å². The van der Waals surface area contributed by atoms with Crippen LogP contribution in [0.3, 0.4) is 0 Å². The fourth-order valence-corrected chi connectivity index (χ4v) is 2.31. The van der Waals surface area contributed by atoms with Crippen molar-refractivity contribution in [1.82, 2.24) is 14.5 Å². The van der Waals surface area contributed by atoms with Crippen LogP contribution >= 0.6 is 27.5 Å². The summed E-state index contributed by atoms with van der Waals surface area (Å²) < 4.78 is 3.67. The van der Waals surface area contributed by atoms with Crippen LogP contribution in [-0.2, 0) is 0 Å². The average molecular weight is 262 g/mol. The van der Waals surface area contributed by atoms with Gasteiger partial charge in [0.05, 0.1) is 0 Å². The first kappa shape index (κ1) is 9.08. The molecule has 0 saturated carbocycles. The fraction of sp³-hybridized carbons (Fsp3) is 0.571. The predicted molar refractivity (Wildman–Crippen MR) is 53.1 cm³/mol. The Morgan fingerprint density at radius 1 is 1.77 bits per heavy atom. The van der Waals surface area contributed by atoms with E-state index in [2.05, 4.69) is 25.5 Å². The molecule has 1 fully saturated rings. The maximum atomic E-state index is 11.7. The van der Waals surface area contributed by atoms with Crippen molar-refractivity contribution in [2.75, 3.05) is 13.1 Å². The number of hydrogen-bond donors (Lipinski definition) is 0. The van der Waals surface area contributed by atoms with E-state index >= 15 is 0 Å². The fourth-order valence-electron chi connectivity index (χ4n) is 1.32. The van der Waals surface area contributed by atoms with Gasteiger partial charge in [0.15, 0.2) is 5.69 Å². The number of carbonyl (C=O) groups is 1. The Hall–Kier alpha value is -0.490. The second-order valence-electron chi connectivity index (χ2n) is 2.93. The van der Waals surface area contributed by atoms with Gasteiger partial charge >= 0.3 is 0 Å². The molecule has 0 spiro atoms. The highest BCUT2D eigenvalue weighted by molar-refractivity contribution is 9.09. The van der Waals surface area contributed by atoms with Gasteiger partial charge in [-0.3, -0.25) is 4.79 Å². The molecule has 1 unspecified atom stereocenters. The Balaban J connectivity index is 2.06. The highest BCUT2D eigenvalue weighted by atomic mass is 79.9. The quantitative estimate of drug-likeness (QED) is 0.713. The molecule has 1 atom stereocenters. The van der Waals surface area contributed by atoms with Crippen molar-refractivity contribution < 1.29 is 4.79 Å². The van der Waals surface area contributed by atoms with Gasteiger partial charge in [-0.15, -0.1) is 5.10 Å². The van der Waals surface area contributed by atoms with Gasteiger partial charge in [0.1, 0.15) is 0 Å². The molecule has 0 aliphatic carbocycles. The van der Waals surface area contributed by atoms with Gasteiger partial charge in [0.2, 0.25) is 0 Å². The summed E-state index contributed by atoms with van der Waals surface area (Å²) in [6, 6.07) is 0. The summed E-state index contributed by atoms with van der Waals surface area (Å²) in [5.74, 6) is -0.00398. The summed E-state index contributed by atoms with van der Waals surface area (Å²) in [7, 11) is 0. The van der Waals surface area contributed by atoms with Crippen molar-refractivity contribution in [2.24, 2.45) is 0 Å². The second kappa shape index (κ2) is 3.71. The number of hydrogen-bond acceptors (Lipinski definition) is 4. The number of rotatable bonds is 1. The van der Waals surface area contributed by atoms with Crippen LogP contribution in [0, 0.1) is 0 Å². The van der Waals surface area contributed by atoms with Crippen LogP contribution in [0.5, 0.6) is 0 Å². The Morgan fingerprint density at radius 3 is 3.15 bits per heavy atom. The molecule has 2 rings (SSSR count). The van der Waals surface area contributed by atoms with E-state index in [1.54, 1.807) is 10.3 Å². The van der Waals surface area contributed by atoms with Crippen LogP contribution in [0.1, 0.15) is 16.9 Å². The molecule has 0 aromatic carbocycles. The van der Waals surface area contributed by atoms with Gasteiger partial charge in [0, 0.05) is 23.3 Å². The first-order valence-corrected chi connectivity index (χ1v) is 5.73. The Bertz CT molecular complexity index is 303. The molecule has 0 N–H and O–H groups in total. The third-order valence-corrected chi connectivity index (χ3v) is 3.25. The Morgan fingerprint density at radius 2 is 2.62 bits per heavy atom. The smallest absolute Gasteiger partial charge is 0.275 e. The molecule has 70 valence electrons. The zero-order valence-corrected chi connectivity index (χ0v) is 9.21. The Labute approximate surface area is 88.2 Å². The lowest BCUT2D eigenvalue weighted by Crippen LogP contribution is -2.29. The molecule has 13 heavy (non-hydrogen) atoms. The summed E-state index contributed by atoms with van der Waals surface area (Å²) in [4.78, 5) is 13.9. The average Bonchev–Trinajstić information content (AvgIpc) is 2.72. The number of aromatic nitrogens is 2. The molecular weight excluding hydrogens is 254 g/mol. The van der Waals surface area contributed by atoms with E-state index in [-0.39, 0.29) is 5.91 Å². The maximum absolute atomic E-state index is 11.7. The molecule has 4 nitrogen and oxygen atoms in total. The summed E-state index contributed by atoms with van der Waals surface area (Å²) in [6.07, 6.45) is 1.02. The molecular formula is C7H8BrN3OS. The van der Waals surface area contributed by atoms with Crippen LogP contribution in [0.4, 0.5) is 0 Å². The van der Waals surface area contributed by atoms with E-state index in [4.69, 9.17) is 0 Å². The van der Waals surface area contributed by atoms with Gasteiger partial charge in [-0.1, -0.05) is 20.4 Å². The third-order valence-electron chi connectivity index (χ3n) is 2.00. The number of nitrogens with zero attached hydrogens (tertiary/aromatic N) is 3. The highest BCUT2D eigenvalue weighted by Gasteiger charge is 2.26. The van der Waals surface area contributed by atoms with Crippen molar-refractivity contribution in [3.63, 3.8) is 0 Å². The minimum Gasteiger partial charge on any atom is -0.336 e. The lowest BCUT2D eigenvalue weighted by Gasteiger charge is -2.12. The lowest BCUT2D eigenvalue weighted by atomic mass is 10.4. The summed E-state index contributed by atoms with van der Waals surface area (Å²) in [6.45, 7) is 1.59. The van der Waals surface area contributed by atoms with Crippen molar-refractivity contribution in [3.8, 4) is 0 Å². The molecule has 1 aliphatic rings. The number of carbonyl (C=O) groups excluding carboxylic acids is 1. The summed E-state index contributed by atoms with van der Waals surface area (Å²) in [5, 5.41) is 5.43. The van der Waals surface area contributed by atoms with Gasteiger partial charge in [0.25, 0.3) is 5.91 Å². The first-order valence-electron chi connectivity index (χ1n) is 3.98. The van der Waals surface area contributed by atoms with E-state index in [1.807, 2.05) is 0 Å². The van der Waals surface area contributed by atoms with Gasteiger partial charge in [-0.05, 0) is 18.0 Å². The third kappa shape index (κ3) is 1.88. The molecule has 1 amide bonds. The molecule has 6 heteroatoms. The van der Waals surface area contributed by atoms with Crippen molar-refractivity contribution >= 4 is 33.4 Å². The highest BCUT2D eigenvalue weighted by Crippen LogP contribution is 2.18. The minimum atomic E-state index is -0.00398. The van der Waals surface area contributed by atoms with Crippen molar-refractivity contribution in [1.29, 1.82) is 0 Å². The maximum Gasteiger partial charge on any atom is 0.275 e. The van der Waals surface area contributed by atoms with Crippen LogP contribution < -0.4 is 0 Å². The van der Waals surface area contributed by atoms with E-state index in [9.17, 15) is 4.79 Å². The van der Waals surface area contributed by atoms with E-state index < -0.39 is 0 Å². The molecule has 1 aliphatic heterocycles. The summed E-state index contributed by atoms with van der Waals surface area (Å²) >= 11 is 4.69. The minimum absolute atomic E-state index is 0.00398. The zero-order valence-electron chi connectivity index (χ0n) is 6.81. The largest absolute Gasteiger partial charge is 0.336 e. The van der Waals surface area contributed by atoms with Crippen LogP contribution in [0.2, 0.25) is 0 Å². The summed E-state index contributed by atoms with van der Waals surface area (Å²) in [5.41, 5.74) is 0.464. The van der Waals surface area contributed by atoms with E-state index in [0.29, 0.717) is 10.5 Å². The molecule has 0 bridgehead atoms.